The van der Waals surface area contributed by atoms with E-state index < -0.39 is 11.9 Å². The number of aryl methyl sites for hydroxylation is 1. The van der Waals surface area contributed by atoms with E-state index in [2.05, 4.69) is 5.32 Å². The maximum atomic E-state index is 11.9. The maximum Gasteiger partial charge on any atom is 0.308 e. The first-order valence-electron chi connectivity index (χ1n) is 5.67. The number of hydrogen-bond donors (Lipinski definition) is 2. The standard InChI is InChI=1S/C12H15NO4/c1-7-8(5-6-17-7)11(14)13-10-4-2-3-9(10)12(15)16/h5-6,9-10H,2-4H2,1H3,(H,13,14)(H,15,16). The molecule has 0 spiro atoms. The van der Waals surface area contributed by atoms with E-state index in [0.717, 1.165) is 12.8 Å². The van der Waals surface area contributed by atoms with Gasteiger partial charge in [0.1, 0.15) is 5.76 Å². The molecule has 1 aliphatic carbocycles. The largest absolute Gasteiger partial charge is 0.481 e. The van der Waals surface area contributed by atoms with Crippen LogP contribution in [0.15, 0.2) is 16.7 Å². The van der Waals surface area contributed by atoms with Crippen LogP contribution in [-0.2, 0) is 4.79 Å². The summed E-state index contributed by atoms with van der Waals surface area (Å²) >= 11 is 0. The minimum Gasteiger partial charge on any atom is -0.481 e. The molecule has 1 aliphatic rings. The van der Waals surface area contributed by atoms with Crippen LogP contribution in [0, 0.1) is 12.8 Å². The normalized spacial score (nSPS) is 23.6. The highest BCUT2D eigenvalue weighted by Gasteiger charge is 2.34. The molecule has 2 rings (SSSR count). The Morgan fingerprint density at radius 1 is 1.47 bits per heavy atom. The van der Waals surface area contributed by atoms with Crippen molar-refractivity contribution in [2.45, 2.75) is 32.2 Å². The molecular formula is C12H15NO4. The predicted molar refractivity (Wildman–Crippen MR) is 59.7 cm³/mol. The average molecular weight is 237 g/mol. The number of aliphatic carboxylic acids is 1. The van der Waals surface area contributed by atoms with E-state index >= 15 is 0 Å². The molecule has 1 saturated carbocycles. The molecule has 1 aromatic heterocycles. The zero-order valence-corrected chi connectivity index (χ0v) is 9.60. The third-order valence-corrected chi connectivity index (χ3v) is 3.25. The summed E-state index contributed by atoms with van der Waals surface area (Å²) in [6.07, 6.45) is 3.64. The third kappa shape index (κ3) is 2.33. The van der Waals surface area contributed by atoms with Crippen LogP contribution in [0.4, 0.5) is 0 Å². The highest BCUT2D eigenvalue weighted by atomic mass is 16.4. The van der Waals surface area contributed by atoms with E-state index in [1.54, 1.807) is 13.0 Å². The molecule has 0 bridgehead atoms. The molecule has 92 valence electrons. The molecule has 1 heterocycles. The third-order valence-electron chi connectivity index (χ3n) is 3.25. The van der Waals surface area contributed by atoms with Gasteiger partial charge in [-0.3, -0.25) is 9.59 Å². The van der Waals surface area contributed by atoms with Gasteiger partial charge in [-0.15, -0.1) is 0 Å². The van der Waals surface area contributed by atoms with Crippen molar-refractivity contribution in [1.29, 1.82) is 0 Å². The van der Waals surface area contributed by atoms with Crippen LogP contribution in [0.5, 0.6) is 0 Å². The van der Waals surface area contributed by atoms with Crippen LogP contribution in [0.25, 0.3) is 0 Å². The average Bonchev–Trinajstić information content (AvgIpc) is 2.86. The SMILES string of the molecule is Cc1occc1C(=O)NC1CCCC1C(=O)O. The number of carboxylic acids is 1. The number of furan rings is 1. The molecule has 5 nitrogen and oxygen atoms in total. The van der Waals surface area contributed by atoms with Gasteiger partial charge < -0.3 is 14.8 Å². The Morgan fingerprint density at radius 2 is 2.24 bits per heavy atom. The van der Waals surface area contributed by atoms with Gasteiger partial charge in [0, 0.05) is 6.04 Å². The first-order chi connectivity index (χ1) is 8.09. The summed E-state index contributed by atoms with van der Waals surface area (Å²) in [6, 6.07) is 1.32. The summed E-state index contributed by atoms with van der Waals surface area (Å²) in [4.78, 5) is 22.9. The molecule has 0 aromatic carbocycles. The van der Waals surface area contributed by atoms with Crippen molar-refractivity contribution < 1.29 is 19.1 Å². The first kappa shape index (κ1) is 11.7. The molecule has 1 aromatic rings. The second-order valence-electron chi connectivity index (χ2n) is 4.35. The molecule has 0 radical (unpaired) electrons. The Hall–Kier alpha value is -1.78. The lowest BCUT2D eigenvalue weighted by atomic mass is 10.0. The molecule has 1 fully saturated rings. The van der Waals surface area contributed by atoms with E-state index in [0.29, 0.717) is 17.7 Å². The highest BCUT2D eigenvalue weighted by molar-refractivity contribution is 5.95. The Labute approximate surface area is 98.8 Å². The number of carboxylic acid groups (broad SMARTS) is 1. The maximum absolute atomic E-state index is 11.9. The number of carbonyl (C=O) groups is 2. The Morgan fingerprint density at radius 3 is 2.82 bits per heavy atom. The topological polar surface area (TPSA) is 79.5 Å². The monoisotopic (exact) mass is 237 g/mol. The predicted octanol–water partition coefficient (Wildman–Crippen LogP) is 1.57. The summed E-state index contributed by atoms with van der Waals surface area (Å²) in [5.41, 5.74) is 0.473. The fourth-order valence-electron chi connectivity index (χ4n) is 2.30. The van der Waals surface area contributed by atoms with E-state index in [9.17, 15) is 9.59 Å². The summed E-state index contributed by atoms with van der Waals surface area (Å²) < 4.78 is 5.05. The zero-order valence-electron chi connectivity index (χ0n) is 9.60. The number of amides is 1. The van der Waals surface area contributed by atoms with Crippen molar-refractivity contribution in [1.82, 2.24) is 5.32 Å². The van der Waals surface area contributed by atoms with Gasteiger partial charge in [-0.05, 0) is 25.8 Å². The van der Waals surface area contributed by atoms with Crippen molar-refractivity contribution in [3.05, 3.63) is 23.7 Å². The molecule has 1 amide bonds. The van der Waals surface area contributed by atoms with Gasteiger partial charge in [-0.2, -0.15) is 0 Å². The first-order valence-corrected chi connectivity index (χ1v) is 5.67. The minimum atomic E-state index is -0.836. The van der Waals surface area contributed by atoms with Crippen LogP contribution in [0.3, 0.4) is 0 Å². The summed E-state index contributed by atoms with van der Waals surface area (Å²) in [6.45, 7) is 1.71. The lowest BCUT2D eigenvalue weighted by molar-refractivity contribution is -0.142. The highest BCUT2D eigenvalue weighted by Crippen LogP contribution is 2.26. The van der Waals surface area contributed by atoms with E-state index in [4.69, 9.17) is 9.52 Å². The van der Waals surface area contributed by atoms with Crippen molar-refractivity contribution in [3.8, 4) is 0 Å². The van der Waals surface area contributed by atoms with Crippen LogP contribution < -0.4 is 5.32 Å². The number of carbonyl (C=O) groups excluding carboxylic acids is 1. The molecular weight excluding hydrogens is 222 g/mol. The summed E-state index contributed by atoms with van der Waals surface area (Å²) in [5, 5.41) is 11.8. The van der Waals surface area contributed by atoms with Crippen LogP contribution in [0.1, 0.15) is 35.4 Å². The second-order valence-corrected chi connectivity index (χ2v) is 4.35. The molecule has 17 heavy (non-hydrogen) atoms. The van der Waals surface area contributed by atoms with Crippen LogP contribution in [0.2, 0.25) is 0 Å². The summed E-state index contributed by atoms with van der Waals surface area (Å²) in [5.74, 6) is -1.01. The molecule has 2 atom stereocenters. The fourth-order valence-corrected chi connectivity index (χ4v) is 2.30. The molecule has 2 unspecified atom stereocenters. The van der Waals surface area contributed by atoms with Crippen LogP contribution in [-0.4, -0.2) is 23.0 Å². The fraction of sp³-hybridized carbons (Fsp3) is 0.500. The van der Waals surface area contributed by atoms with Crippen LogP contribution >= 0.6 is 0 Å². The Kier molecular flexibility index (Phi) is 3.17. The minimum absolute atomic E-state index is 0.255. The molecule has 2 N–H and O–H groups in total. The van der Waals surface area contributed by atoms with Gasteiger partial charge in [-0.1, -0.05) is 6.42 Å². The van der Waals surface area contributed by atoms with Crippen molar-refractivity contribution in [2.24, 2.45) is 5.92 Å². The quantitative estimate of drug-likeness (QED) is 0.836. The zero-order chi connectivity index (χ0) is 12.4. The van der Waals surface area contributed by atoms with E-state index in [-0.39, 0.29) is 11.9 Å². The lowest BCUT2D eigenvalue weighted by Crippen LogP contribution is -2.40. The molecule has 0 aliphatic heterocycles. The molecule has 5 heteroatoms. The van der Waals surface area contributed by atoms with Gasteiger partial charge in [0.15, 0.2) is 0 Å². The van der Waals surface area contributed by atoms with E-state index in [1.807, 2.05) is 0 Å². The van der Waals surface area contributed by atoms with Crippen molar-refractivity contribution >= 4 is 11.9 Å². The Bertz CT molecular complexity index is 437. The smallest absolute Gasteiger partial charge is 0.308 e. The second kappa shape index (κ2) is 4.61. The van der Waals surface area contributed by atoms with Gasteiger partial charge in [-0.25, -0.2) is 0 Å². The lowest BCUT2D eigenvalue weighted by Gasteiger charge is -2.17. The summed E-state index contributed by atoms with van der Waals surface area (Å²) in [7, 11) is 0. The Balaban J connectivity index is 2.04. The van der Waals surface area contributed by atoms with Gasteiger partial charge in [0.2, 0.25) is 0 Å². The number of hydrogen-bond acceptors (Lipinski definition) is 3. The van der Waals surface area contributed by atoms with Gasteiger partial charge in [0.05, 0.1) is 17.7 Å². The number of nitrogens with one attached hydrogen (secondary N) is 1. The van der Waals surface area contributed by atoms with Gasteiger partial charge >= 0.3 is 5.97 Å². The van der Waals surface area contributed by atoms with Crippen molar-refractivity contribution in [3.63, 3.8) is 0 Å². The van der Waals surface area contributed by atoms with Gasteiger partial charge in [0.25, 0.3) is 5.91 Å². The van der Waals surface area contributed by atoms with E-state index in [1.165, 1.54) is 6.26 Å². The molecule has 0 saturated heterocycles. The van der Waals surface area contributed by atoms with Crippen molar-refractivity contribution in [2.75, 3.05) is 0 Å². The number of rotatable bonds is 3.